The Hall–Kier alpha value is -2.63. The molecule has 0 saturated carbocycles. The maximum Gasteiger partial charge on any atom is 0.338 e. The highest BCUT2D eigenvalue weighted by molar-refractivity contribution is 5.92. The first-order chi connectivity index (χ1) is 11.7. The molecule has 3 rings (SSSR count). The molecule has 1 N–H and O–H groups in total. The second-order valence-corrected chi connectivity index (χ2v) is 5.83. The molecule has 0 saturated heterocycles. The quantitative estimate of drug-likeness (QED) is 0.854. The third-order valence-corrected chi connectivity index (χ3v) is 4.03. The topological polar surface area (TPSA) is 69.0 Å². The molecule has 0 amide bonds. The van der Waals surface area contributed by atoms with Crippen LogP contribution >= 0.6 is 0 Å². The third-order valence-electron chi connectivity index (χ3n) is 4.03. The minimum Gasteiger partial charge on any atom is -0.463 e. The minimum atomic E-state index is -0.329. The fourth-order valence-electron chi connectivity index (χ4n) is 3.06. The van der Waals surface area contributed by atoms with Gasteiger partial charge in [-0.15, -0.1) is 0 Å². The van der Waals surface area contributed by atoms with E-state index in [4.69, 9.17) is 4.74 Å². The largest absolute Gasteiger partial charge is 0.463 e. The SMILES string of the molecule is CCCC1=C(C(=O)OCC)C(c2cccc(C)c2)n2ncnc2N1. The number of aromatic nitrogens is 3. The van der Waals surface area contributed by atoms with Crippen molar-refractivity contribution in [3.05, 3.63) is 53.0 Å². The van der Waals surface area contributed by atoms with Crippen molar-refractivity contribution in [3.63, 3.8) is 0 Å². The number of anilines is 1. The zero-order valence-electron chi connectivity index (χ0n) is 14.2. The van der Waals surface area contributed by atoms with E-state index in [1.165, 1.54) is 6.33 Å². The van der Waals surface area contributed by atoms with Crippen molar-refractivity contribution in [1.29, 1.82) is 0 Å². The van der Waals surface area contributed by atoms with Crippen LogP contribution in [0.4, 0.5) is 5.95 Å². The molecule has 126 valence electrons. The molecule has 0 spiro atoms. The highest BCUT2D eigenvalue weighted by Crippen LogP contribution is 2.36. The number of ether oxygens (including phenoxy) is 1. The van der Waals surface area contributed by atoms with Gasteiger partial charge in [-0.05, 0) is 25.8 Å². The second-order valence-electron chi connectivity index (χ2n) is 5.83. The molecule has 1 aliphatic heterocycles. The van der Waals surface area contributed by atoms with Gasteiger partial charge in [0.2, 0.25) is 5.95 Å². The molecule has 0 aliphatic carbocycles. The van der Waals surface area contributed by atoms with Crippen molar-refractivity contribution in [2.24, 2.45) is 0 Å². The number of rotatable bonds is 5. The molecule has 0 radical (unpaired) electrons. The van der Waals surface area contributed by atoms with Crippen molar-refractivity contribution in [2.75, 3.05) is 11.9 Å². The van der Waals surface area contributed by atoms with Crippen molar-refractivity contribution in [3.8, 4) is 0 Å². The Morgan fingerprint density at radius 1 is 1.38 bits per heavy atom. The van der Waals surface area contributed by atoms with Crippen molar-refractivity contribution in [1.82, 2.24) is 14.8 Å². The number of aryl methyl sites for hydroxylation is 1. The van der Waals surface area contributed by atoms with Crippen LogP contribution in [0.3, 0.4) is 0 Å². The molecule has 1 atom stereocenters. The number of hydrogen-bond donors (Lipinski definition) is 1. The summed E-state index contributed by atoms with van der Waals surface area (Å²) in [6.07, 6.45) is 3.17. The van der Waals surface area contributed by atoms with Gasteiger partial charge in [-0.2, -0.15) is 10.1 Å². The molecule has 0 fully saturated rings. The number of fused-ring (bicyclic) bond motifs is 1. The molecule has 1 aliphatic rings. The average molecular weight is 326 g/mol. The highest BCUT2D eigenvalue weighted by Gasteiger charge is 2.35. The number of hydrogen-bond acceptors (Lipinski definition) is 5. The molecular weight excluding hydrogens is 304 g/mol. The van der Waals surface area contributed by atoms with Crippen LogP contribution in [0, 0.1) is 6.92 Å². The number of nitrogens with one attached hydrogen (secondary N) is 1. The third kappa shape index (κ3) is 2.91. The van der Waals surface area contributed by atoms with Crippen LogP contribution in [0.15, 0.2) is 41.9 Å². The normalized spacial score (nSPS) is 16.5. The lowest BCUT2D eigenvalue weighted by molar-refractivity contribution is -0.139. The van der Waals surface area contributed by atoms with Gasteiger partial charge in [0.25, 0.3) is 0 Å². The summed E-state index contributed by atoms with van der Waals surface area (Å²) in [7, 11) is 0. The second kappa shape index (κ2) is 6.86. The lowest BCUT2D eigenvalue weighted by Crippen LogP contribution is -2.30. The van der Waals surface area contributed by atoms with Gasteiger partial charge >= 0.3 is 5.97 Å². The summed E-state index contributed by atoms with van der Waals surface area (Å²) >= 11 is 0. The molecule has 6 heteroatoms. The van der Waals surface area contributed by atoms with Gasteiger partial charge in [0, 0.05) is 5.70 Å². The Labute approximate surface area is 141 Å². The Kier molecular flexibility index (Phi) is 4.64. The number of nitrogens with zero attached hydrogens (tertiary/aromatic N) is 3. The molecule has 1 unspecified atom stereocenters. The Balaban J connectivity index is 2.17. The van der Waals surface area contributed by atoms with Gasteiger partial charge in [0.05, 0.1) is 12.2 Å². The monoisotopic (exact) mass is 326 g/mol. The van der Waals surface area contributed by atoms with Gasteiger partial charge in [-0.3, -0.25) is 0 Å². The maximum absolute atomic E-state index is 12.7. The van der Waals surface area contributed by atoms with E-state index < -0.39 is 0 Å². The lowest BCUT2D eigenvalue weighted by Gasteiger charge is -2.29. The van der Waals surface area contributed by atoms with E-state index in [0.29, 0.717) is 18.1 Å². The summed E-state index contributed by atoms with van der Waals surface area (Å²) < 4.78 is 7.08. The zero-order chi connectivity index (χ0) is 17.1. The number of esters is 1. The van der Waals surface area contributed by atoms with E-state index in [-0.39, 0.29) is 12.0 Å². The van der Waals surface area contributed by atoms with E-state index >= 15 is 0 Å². The van der Waals surface area contributed by atoms with Gasteiger partial charge < -0.3 is 10.1 Å². The van der Waals surface area contributed by atoms with Crippen LogP contribution in [0.5, 0.6) is 0 Å². The Morgan fingerprint density at radius 2 is 2.21 bits per heavy atom. The number of allylic oxidation sites excluding steroid dienone is 1. The molecule has 24 heavy (non-hydrogen) atoms. The number of carbonyl (C=O) groups excluding carboxylic acids is 1. The van der Waals surface area contributed by atoms with Crippen LogP contribution in [-0.4, -0.2) is 27.3 Å². The van der Waals surface area contributed by atoms with Gasteiger partial charge in [-0.25, -0.2) is 9.48 Å². The molecular formula is C18H22N4O2. The molecule has 0 bridgehead atoms. The molecule has 6 nitrogen and oxygen atoms in total. The predicted molar refractivity (Wildman–Crippen MR) is 91.5 cm³/mol. The smallest absolute Gasteiger partial charge is 0.338 e. The van der Waals surface area contributed by atoms with Crippen molar-refractivity contribution in [2.45, 2.75) is 39.7 Å². The zero-order valence-corrected chi connectivity index (χ0v) is 14.2. The molecule has 2 heterocycles. The summed E-state index contributed by atoms with van der Waals surface area (Å²) in [5, 5.41) is 7.58. The van der Waals surface area contributed by atoms with E-state index in [1.807, 2.05) is 32.0 Å². The van der Waals surface area contributed by atoms with Crippen LogP contribution in [0.2, 0.25) is 0 Å². The van der Waals surface area contributed by atoms with Gasteiger partial charge in [0.15, 0.2) is 0 Å². The number of carbonyl (C=O) groups is 1. The van der Waals surface area contributed by atoms with Crippen LogP contribution < -0.4 is 5.32 Å². The first-order valence-corrected chi connectivity index (χ1v) is 8.29. The van der Waals surface area contributed by atoms with E-state index in [2.05, 4.69) is 28.4 Å². The standard InChI is InChI=1S/C18H22N4O2/c1-4-7-14-15(17(23)24-5-2)16(13-9-6-8-12(3)10-13)22-18(21-14)19-11-20-22/h6,8-11,16H,4-5,7H2,1-3H3,(H,19,20,21). The van der Waals surface area contributed by atoms with Gasteiger partial charge in [-0.1, -0.05) is 43.2 Å². The maximum atomic E-state index is 12.7. The van der Waals surface area contributed by atoms with E-state index in [1.54, 1.807) is 4.68 Å². The molecule has 1 aromatic carbocycles. The molecule has 1 aromatic heterocycles. The Bertz CT molecular complexity index is 779. The first kappa shape index (κ1) is 16.2. The van der Waals surface area contributed by atoms with Gasteiger partial charge in [0.1, 0.15) is 12.4 Å². The van der Waals surface area contributed by atoms with Crippen LogP contribution in [0.25, 0.3) is 0 Å². The summed E-state index contributed by atoms with van der Waals surface area (Å²) in [4.78, 5) is 17.0. The lowest BCUT2D eigenvalue weighted by atomic mass is 9.93. The minimum absolute atomic E-state index is 0.305. The van der Waals surface area contributed by atoms with Crippen LogP contribution in [0.1, 0.15) is 43.9 Å². The molecule has 2 aromatic rings. The summed E-state index contributed by atoms with van der Waals surface area (Å²) in [6.45, 7) is 6.27. The van der Waals surface area contributed by atoms with E-state index in [9.17, 15) is 4.79 Å². The number of benzene rings is 1. The van der Waals surface area contributed by atoms with Crippen molar-refractivity contribution >= 4 is 11.9 Å². The summed E-state index contributed by atoms with van der Waals surface area (Å²) in [6, 6.07) is 7.78. The predicted octanol–water partition coefficient (Wildman–Crippen LogP) is 3.22. The van der Waals surface area contributed by atoms with E-state index in [0.717, 1.165) is 29.7 Å². The first-order valence-electron chi connectivity index (χ1n) is 8.29. The average Bonchev–Trinajstić information content (AvgIpc) is 3.02. The highest BCUT2D eigenvalue weighted by atomic mass is 16.5. The summed E-state index contributed by atoms with van der Waals surface area (Å²) in [5.74, 6) is 0.346. The van der Waals surface area contributed by atoms with Crippen molar-refractivity contribution < 1.29 is 9.53 Å². The fourth-order valence-corrected chi connectivity index (χ4v) is 3.06. The van der Waals surface area contributed by atoms with Crippen LogP contribution in [-0.2, 0) is 9.53 Å². The summed E-state index contributed by atoms with van der Waals surface area (Å²) in [5.41, 5.74) is 3.61. The Morgan fingerprint density at radius 3 is 2.92 bits per heavy atom. The fraction of sp³-hybridized carbons (Fsp3) is 0.389.